The van der Waals surface area contributed by atoms with Gasteiger partial charge >= 0.3 is 0 Å². The molecule has 1 saturated heterocycles. The molecule has 0 unspecified atom stereocenters. The number of aliphatic hydroxyl groups is 1. The molecule has 1 N–H and O–H groups in total. The van der Waals surface area contributed by atoms with Crippen LogP contribution in [0.5, 0.6) is 0 Å². The molecule has 12 heavy (non-hydrogen) atoms. The van der Waals surface area contributed by atoms with Crippen LogP contribution in [0.4, 0.5) is 4.39 Å². The molecule has 0 saturated carbocycles. The summed E-state index contributed by atoms with van der Waals surface area (Å²) in [5, 5.41) is 9.01. The van der Waals surface area contributed by atoms with Crippen LogP contribution in [0.15, 0.2) is 0 Å². The molecule has 0 spiro atoms. The highest BCUT2D eigenvalue weighted by Crippen LogP contribution is 2.27. The van der Waals surface area contributed by atoms with E-state index in [4.69, 9.17) is 5.11 Å². The van der Waals surface area contributed by atoms with Crippen molar-refractivity contribution in [1.29, 1.82) is 0 Å². The molecule has 1 heterocycles. The molecule has 2 nitrogen and oxygen atoms in total. The monoisotopic (exact) mass is 175 g/mol. The summed E-state index contributed by atoms with van der Waals surface area (Å²) in [6, 6.07) is 0.0139. The number of hydrogen-bond acceptors (Lipinski definition) is 2. The Bertz CT molecular complexity index is 155. The van der Waals surface area contributed by atoms with E-state index in [0.29, 0.717) is 13.0 Å². The van der Waals surface area contributed by atoms with E-state index < -0.39 is 6.17 Å². The van der Waals surface area contributed by atoms with E-state index in [1.807, 2.05) is 25.7 Å². The van der Waals surface area contributed by atoms with Gasteiger partial charge in [-0.25, -0.2) is 4.39 Å². The predicted octanol–water partition coefficient (Wildman–Crippen LogP) is 1.19. The maximum Gasteiger partial charge on any atom is 0.114 e. The van der Waals surface area contributed by atoms with Gasteiger partial charge < -0.3 is 5.11 Å². The van der Waals surface area contributed by atoms with E-state index in [1.54, 1.807) is 0 Å². The fraction of sp³-hybridized carbons (Fsp3) is 1.00. The van der Waals surface area contributed by atoms with Crippen molar-refractivity contribution in [3.05, 3.63) is 0 Å². The standard InChI is InChI=1S/C9H18FNO/c1-9(2,3)11-5-7(10)4-8(11)6-12/h7-8,12H,4-6H2,1-3H3/t7-,8+/m0/s1. The molecule has 1 aliphatic heterocycles. The summed E-state index contributed by atoms with van der Waals surface area (Å²) >= 11 is 0. The zero-order valence-electron chi connectivity index (χ0n) is 8.05. The van der Waals surface area contributed by atoms with Gasteiger partial charge in [-0.3, -0.25) is 4.90 Å². The van der Waals surface area contributed by atoms with Crippen LogP contribution >= 0.6 is 0 Å². The third-order valence-corrected chi connectivity index (χ3v) is 2.44. The first-order valence-corrected chi connectivity index (χ1v) is 4.47. The van der Waals surface area contributed by atoms with Crippen LogP contribution in [-0.4, -0.2) is 40.9 Å². The third kappa shape index (κ3) is 1.96. The molecule has 1 fully saturated rings. The SMILES string of the molecule is CC(C)(C)N1C[C@@H](F)C[C@@H]1CO. The quantitative estimate of drug-likeness (QED) is 0.647. The highest BCUT2D eigenvalue weighted by molar-refractivity contribution is 4.91. The average Bonchev–Trinajstić information content (AvgIpc) is 2.29. The fourth-order valence-corrected chi connectivity index (χ4v) is 1.85. The number of halogens is 1. The molecule has 0 amide bonds. The maximum absolute atomic E-state index is 13.0. The van der Waals surface area contributed by atoms with Crippen molar-refractivity contribution in [2.24, 2.45) is 0 Å². The molecule has 0 aromatic heterocycles. The Hall–Kier alpha value is -0.150. The van der Waals surface area contributed by atoms with E-state index >= 15 is 0 Å². The van der Waals surface area contributed by atoms with Gasteiger partial charge in [-0.2, -0.15) is 0 Å². The van der Waals surface area contributed by atoms with Crippen molar-refractivity contribution in [1.82, 2.24) is 4.90 Å². The molecular formula is C9H18FNO. The Morgan fingerprint density at radius 2 is 2.08 bits per heavy atom. The summed E-state index contributed by atoms with van der Waals surface area (Å²) in [5.41, 5.74) is -0.0335. The molecular weight excluding hydrogens is 157 g/mol. The molecule has 72 valence electrons. The molecule has 0 bridgehead atoms. The van der Waals surface area contributed by atoms with Crippen LogP contribution in [0.25, 0.3) is 0 Å². The van der Waals surface area contributed by atoms with E-state index in [9.17, 15) is 4.39 Å². The van der Waals surface area contributed by atoms with Crippen molar-refractivity contribution >= 4 is 0 Å². The largest absolute Gasteiger partial charge is 0.395 e. The number of rotatable bonds is 1. The van der Waals surface area contributed by atoms with Gasteiger partial charge in [0.05, 0.1) is 6.61 Å². The first-order chi connectivity index (χ1) is 5.45. The molecule has 1 rings (SSSR count). The van der Waals surface area contributed by atoms with Gasteiger partial charge in [0, 0.05) is 18.1 Å². The zero-order chi connectivity index (χ0) is 9.35. The average molecular weight is 175 g/mol. The first-order valence-electron chi connectivity index (χ1n) is 4.47. The van der Waals surface area contributed by atoms with Crippen molar-refractivity contribution in [3.63, 3.8) is 0 Å². The molecule has 0 aromatic rings. The number of hydrogen-bond donors (Lipinski definition) is 1. The van der Waals surface area contributed by atoms with E-state index in [2.05, 4.69) is 0 Å². The second-order valence-electron chi connectivity index (χ2n) is 4.49. The van der Waals surface area contributed by atoms with E-state index in [1.165, 1.54) is 0 Å². The third-order valence-electron chi connectivity index (χ3n) is 2.44. The van der Waals surface area contributed by atoms with Gasteiger partial charge in [-0.1, -0.05) is 0 Å². The minimum atomic E-state index is -0.763. The first kappa shape index (κ1) is 9.93. The molecule has 1 aliphatic rings. The van der Waals surface area contributed by atoms with Crippen molar-refractivity contribution in [2.75, 3.05) is 13.2 Å². The number of alkyl halides is 1. The molecule has 0 aromatic carbocycles. The van der Waals surface area contributed by atoms with Crippen LogP contribution in [0.1, 0.15) is 27.2 Å². The van der Waals surface area contributed by atoms with E-state index in [0.717, 1.165) is 0 Å². The fourth-order valence-electron chi connectivity index (χ4n) is 1.85. The number of aliphatic hydroxyl groups excluding tert-OH is 1. The Balaban J connectivity index is 2.64. The highest BCUT2D eigenvalue weighted by atomic mass is 19.1. The Labute approximate surface area is 73.4 Å². The number of nitrogens with zero attached hydrogens (tertiary/aromatic N) is 1. The summed E-state index contributed by atoms with van der Waals surface area (Å²) in [7, 11) is 0. The number of likely N-dealkylation sites (tertiary alicyclic amines) is 1. The summed E-state index contributed by atoms with van der Waals surface area (Å²) in [4.78, 5) is 2.04. The topological polar surface area (TPSA) is 23.5 Å². The smallest absolute Gasteiger partial charge is 0.114 e. The minimum absolute atomic E-state index is 0.0139. The van der Waals surface area contributed by atoms with Crippen molar-refractivity contribution in [3.8, 4) is 0 Å². The van der Waals surface area contributed by atoms with Gasteiger partial charge in [0.15, 0.2) is 0 Å². The van der Waals surface area contributed by atoms with Crippen LogP contribution in [0.2, 0.25) is 0 Å². The van der Waals surface area contributed by atoms with Gasteiger partial charge in [-0.15, -0.1) is 0 Å². The van der Waals surface area contributed by atoms with Crippen LogP contribution in [0, 0.1) is 0 Å². The predicted molar refractivity (Wildman–Crippen MR) is 46.8 cm³/mol. The van der Waals surface area contributed by atoms with Crippen LogP contribution < -0.4 is 0 Å². The van der Waals surface area contributed by atoms with Crippen LogP contribution in [0.3, 0.4) is 0 Å². The molecule has 0 aliphatic carbocycles. The lowest BCUT2D eigenvalue weighted by molar-refractivity contribution is 0.0785. The maximum atomic E-state index is 13.0. The van der Waals surface area contributed by atoms with Gasteiger partial charge in [-0.05, 0) is 27.2 Å². The Kier molecular flexibility index (Phi) is 2.74. The van der Waals surface area contributed by atoms with E-state index in [-0.39, 0.29) is 18.2 Å². The van der Waals surface area contributed by atoms with Crippen molar-refractivity contribution in [2.45, 2.75) is 44.9 Å². The Morgan fingerprint density at radius 3 is 2.42 bits per heavy atom. The minimum Gasteiger partial charge on any atom is -0.395 e. The molecule has 3 heteroatoms. The molecule has 2 atom stereocenters. The summed E-state index contributed by atoms with van der Waals surface area (Å²) < 4.78 is 13.0. The summed E-state index contributed by atoms with van der Waals surface area (Å²) in [5.74, 6) is 0. The van der Waals surface area contributed by atoms with Crippen molar-refractivity contribution < 1.29 is 9.50 Å². The molecule has 0 radical (unpaired) electrons. The van der Waals surface area contributed by atoms with Gasteiger partial charge in [0.2, 0.25) is 0 Å². The van der Waals surface area contributed by atoms with Gasteiger partial charge in [0.25, 0.3) is 0 Å². The lowest BCUT2D eigenvalue weighted by Crippen LogP contribution is -2.46. The Morgan fingerprint density at radius 1 is 1.50 bits per heavy atom. The lowest BCUT2D eigenvalue weighted by Gasteiger charge is -2.35. The second-order valence-corrected chi connectivity index (χ2v) is 4.49. The van der Waals surface area contributed by atoms with Gasteiger partial charge in [0.1, 0.15) is 6.17 Å². The normalized spacial score (nSPS) is 32.8. The highest BCUT2D eigenvalue weighted by Gasteiger charge is 2.37. The summed E-state index contributed by atoms with van der Waals surface area (Å²) in [6.07, 6.45) is -0.283. The summed E-state index contributed by atoms with van der Waals surface area (Å²) in [6.45, 7) is 6.68. The lowest BCUT2D eigenvalue weighted by atomic mass is 10.1. The zero-order valence-corrected chi connectivity index (χ0v) is 8.05. The second kappa shape index (κ2) is 3.30. The van der Waals surface area contributed by atoms with Crippen LogP contribution in [-0.2, 0) is 0 Å².